The number of halogens is 1. The van der Waals surface area contributed by atoms with E-state index < -0.39 is 15.8 Å². The van der Waals surface area contributed by atoms with Gasteiger partial charge in [0.15, 0.2) is 0 Å². The monoisotopic (exact) mass is 495 g/mol. The van der Waals surface area contributed by atoms with Crippen molar-refractivity contribution in [2.45, 2.75) is 37.2 Å². The van der Waals surface area contributed by atoms with Crippen molar-refractivity contribution >= 4 is 27.5 Å². The Hall–Kier alpha value is -3.72. The zero-order valence-corrected chi connectivity index (χ0v) is 20.2. The van der Waals surface area contributed by atoms with Crippen molar-refractivity contribution < 1.29 is 22.4 Å². The number of hydrogen-bond acceptors (Lipinski definition) is 4. The van der Waals surface area contributed by atoms with Crippen LogP contribution in [0, 0.1) is 12.7 Å². The Labute approximate surface area is 204 Å². The summed E-state index contributed by atoms with van der Waals surface area (Å²) in [7, 11) is -2.39. The number of aryl methyl sites for hydroxylation is 1. The Kier molecular flexibility index (Phi) is 6.88. The summed E-state index contributed by atoms with van der Waals surface area (Å²) in [5.41, 5.74) is 2.25. The smallest absolute Gasteiger partial charge is 0.261 e. The molecule has 35 heavy (non-hydrogen) atoms. The maximum atomic E-state index is 13.8. The molecule has 3 aromatic carbocycles. The van der Waals surface area contributed by atoms with Crippen molar-refractivity contribution in [2.75, 3.05) is 11.8 Å². The molecular weight excluding hydrogens is 469 g/mol. The maximum Gasteiger partial charge on any atom is 0.261 e. The van der Waals surface area contributed by atoms with Crippen molar-refractivity contribution in [3.63, 3.8) is 0 Å². The van der Waals surface area contributed by atoms with Gasteiger partial charge in [-0.05, 0) is 73.4 Å². The van der Waals surface area contributed by atoms with Gasteiger partial charge in [0.25, 0.3) is 21.8 Å². The van der Waals surface area contributed by atoms with Gasteiger partial charge >= 0.3 is 0 Å². The second-order valence-electron chi connectivity index (χ2n) is 8.70. The molecule has 0 heterocycles. The van der Waals surface area contributed by atoms with Gasteiger partial charge in [0.05, 0.1) is 4.90 Å². The van der Waals surface area contributed by atoms with Crippen LogP contribution in [0.1, 0.15) is 44.7 Å². The highest BCUT2D eigenvalue weighted by atomic mass is 32.2. The number of amides is 2. The van der Waals surface area contributed by atoms with Crippen molar-refractivity contribution in [3.8, 4) is 0 Å². The van der Waals surface area contributed by atoms with Gasteiger partial charge in [-0.25, -0.2) is 12.8 Å². The van der Waals surface area contributed by atoms with Crippen LogP contribution in [0.3, 0.4) is 0 Å². The van der Waals surface area contributed by atoms with Gasteiger partial charge in [-0.3, -0.25) is 14.3 Å². The second-order valence-corrected chi connectivity index (χ2v) is 10.4. The number of carbonyl (C=O) groups is 2. The highest BCUT2D eigenvalue weighted by Gasteiger charge is 2.24. The summed E-state index contributed by atoms with van der Waals surface area (Å²) < 4.78 is 41.5. The van der Waals surface area contributed by atoms with Gasteiger partial charge in [-0.1, -0.05) is 24.3 Å². The third-order valence-corrected chi connectivity index (χ3v) is 7.09. The molecule has 0 atom stereocenters. The number of nitrogens with zero attached hydrogens (tertiary/aromatic N) is 1. The molecule has 0 aromatic heterocycles. The third-order valence-electron chi connectivity index (χ3n) is 5.71. The Balaban J connectivity index is 1.42. The fraction of sp³-hybridized carbons (Fsp3) is 0.231. The normalized spacial score (nSPS) is 13.2. The molecule has 9 heteroatoms. The topological polar surface area (TPSA) is 95.6 Å². The van der Waals surface area contributed by atoms with E-state index in [1.165, 1.54) is 29.2 Å². The Bertz CT molecular complexity index is 1370. The van der Waals surface area contributed by atoms with Crippen LogP contribution in [-0.2, 0) is 16.6 Å². The summed E-state index contributed by atoms with van der Waals surface area (Å²) >= 11 is 0. The quantitative estimate of drug-likeness (QED) is 0.492. The van der Waals surface area contributed by atoms with Crippen LogP contribution in [0.4, 0.5) is 10.1 Å². The maximum absolute atomic E-state index is 13.8. The molecule has 1 saturated carbocycles. The fourth-order valence-corrected chi connectivity index (χ4v) is 4.56. The van der Waals surface area contributed by atoms with Crippen LogP contribution < -0.4 is 10.0 Å². The first-order valence-electron chi connectivity index (χ1n) is 11.2. The SMILES string of the molecule is Cc1ccc(S(=O)(=O)Nc2cccc(C(=O)N(C)Cc3ccc(C(=O)NC4CC4)cc3)c2)cc1F. The molecule has 0 unspecified atom stereocenters. The van der Waals surface area contributed by atoms with E-state index >= 15 is 0 Å². The highest BCUT2D eigenvalue weighted by molar-refractivity contribution is 7.92. The molecule has 0 spiro atoms. The van der Waals surface area contributed by atoms with Gasteiger partial charge in [-0.15, -0.1) is 0 Å². The molecule has 0 saturated heterocycles. The summed E-state index contributed by atoms with van der Waals surface area (Å²) in [6.45, 7) is 1.85. The van der Waals surface area contributed by atoms with Gasteiger partial charge < -0.3 is 10.2 Å². The Morgan fingerprint density at radius 3 is 2.37 bits per heavy atom. The van der Waals surface area contributed by atoms with E-state index in [-0.39, 0.29) is 28.4 Å². The number of sulfonamides is 1. The van der Waals surface area contributed by atoms with Crippen molar-refractivity contribution in [2.24, 2.45) is 0 Å². The summed E-state index contributed by atoms with van der Waals surface area (Å²) in [4.78, 5) is 26.4. The Morgan fingerprint density at radius 1 is 1.00 bits per heavy atom. The number of nitrogens with one attached hydrogen (secondary N) is 2. The van der Waals surface area contributed by atoms with Crippen molar-refractivity contribution in [3.05, 3.63) is 94.8 Å². The summed E-state index contributed by atoms with van der Waals surface area (Å²) in [5.74, 6) is -1.02. The van der Waals surface area contributed by atoms with Crippen molar-refractivity contribution in [1.29, 1.82) is 0 Å². The average molecular weight is 496 g/mol. The molecule has 4 rings (SSSR count). The molecule has 1 fully saturated rings. The third kappa shape index (κ3) is 6.05. The molecule has 1 aliphatic rings. The van der Waals surface area contributed by atoms with Gasteiger partial charge in [0, 0.05) is 36.4 Å². The minimum Gasteiger partial charge on any atom is -0.349 e. The predicted molar refractivity (Wildman–Crippen MR) is 131 cm³/mol. The van der Waals surface area contributed by atoms with Crippen LogP contribution in [0.25, 0.3) is 0 Å². The van der Waals surface area contributed by atoms with Crippen LogP contribution in [-0.4, -0.2) is 38.2 Å². The molecular formula is C26H26FN3O4S. The van der Waals surface area contributed by atoms with Gasteiger partial charge in [0.2, 0.25) is 0 Å². The number of hydrogen-bond donors (Lipinski definition) is 2. The first-order chi connectivity index (χ1) is 16.6. The number of anilines is 1. The summed E-state index contributed by atoms with van der Waals surface area (Å²) in [5, 5.41) is 2.94. The van der Waals surface area contributed by atoms with Gasteiger partial charge in [0.1, 0.15) is 5.82 Å². The predicted octanol–water partition coefficient (Wildman–Crippen LogP) is 4.10. The minimum atomic E-state index is -4.03. The molecule has 182 valence electrons. The van der Waals surface area contributed by atoms with Crippen LogP contribution in [0.15, 0.2) is 71.6 Å². The highest BCUT2D eigenvalue weighted by Crippen LogP contribution is 2.21. The zero-order chi connectivity index (χ0) is 25.2. The lowest BCUT2D eigenvalue weighted by Gasteiger charge is -2.18. The molecule has 2 amide bonds. The van der Waals surface area contributed by atoms with E-state index in [1.807, 2.05) is 0 Å². The summed E-state index contributed by atoms with van der Waals surface area (Å²) in [6.07, 6.45) is 2.04. The van der Waals surface area contributed by atoms with E-state index in [2.05, 4.69) is 10.0 Å². The molecule has 7 nitrogen and oxygen atoms in total. The lowest BCUT2D eigenvalue weighted by Crippen LogP contribution is -2.27. The van der Waals surface area contributed by atoms with Gasteiger partial charge in [-0.2, -0.15) is 0 Å². The standard InChI is InChI=1S/C26H26FN3O4S/c1-17-6-13-23(15-24(17)27)35(33,34)29-22-5-3-4-20(14-22)26(32)30(2)16-18-7-9-19(10-8-18)25(31)28-21-11-12-21/h3-10,13-15,21,29H,11-12,16H2,1-2H3,(H,28,31). The van der Waals surface area contributed by atoms with Crippen LogP contribution in [0.5, 0.6) is 0 Å². The van der Waals surface area contributed by atoms with E-state index in [0.717, 1.165) is 24.5 Å². The van der Waals surface area contributed by atoms with Crippen LogP contribution >= 0.6 is 0 Å². The first kappa shape index (κ1) is 24.4. The molecule has 2 N–H and O–H groups in total. The fourth-order valence-electron chi connectivity index (χ4n) is 3.49. The number of benzene rings is 3. The lowest BCUT2D eigenvalue weighted by atomic mass is 10.1. The molecule has 0 bridgehead atoms. The molecule has 0 aliphatic heterocycles. The van der Waals surface area contributed by atoms with Crippen molar-refractivity contribution in [1.82, 2.24) is 10.2 Å². The first-order valence-corrected chi connectivity index (χ1v) is 12.6. The number of carbonyl (C=O) groups excluding carboxylic acids is 2. The minimum absolute atomic E-state index is 0.101. The van der Waals surface area contributed by atoms with E-state index in [1.54, 1.807) is 50.4 Å². The summed E-state index contributed by atoms with van der Waals surface area (Å²) in [6, 6.07) is 17.1. The zero-order valence-electron chi connectivity index (χ0n) is 19.4. The average Bonchev–Trinajstić information content (AvgIpc) is 3.64. The largest absolute Gasteiger partial charge is 0.349 e. The number of rotatable bonds is 8. The lowest BCUT2D eigenvalue weighted by molar-refractivity contribution is 0.0784. The molecule has 0 radical (unpaired) electrons. The molecule has 3 aromatic rings. The van der Waals surface area contributed by atoms with Crippen LogP contribution in [0.2, 0.25) is 0 Å². The second kappa shape index (κ2) is 9.87. The van der Waals surface area contributed by atoms with E-state index in [9.17, 15) is 22.4 Å². The van der Waals surface area contributed by atoms with E-state index in [4.69, 9.17) is 0 Å². The van der Waals surface area contributed by atoms with E-state index in [0.29, 0.717) is 23.2 Å². The molecule has 1 aliphatic carbocycles. The Morgan fingerprint density at radius 2 is 1.71 bits per heavy atom.